The fourth-order valence-corrected chi connectivity index (χ4v) is 9.03. The van der Waals surface area contributed by atoms with Gasteiger partial charge in [-0.2, -0.15) is 0 Å². The monoisotopic (exact) mass is 764 g/mol. The SMILES string of the molecule is c1ccc(-c2ccccc2N(c2ccc(-c3cccc4ccccc34)cc2)c2cccc(-c3cccc(-c4cccc5c4c4ccccc4n5-c4ccccc4)c3)c2)cc1. The minimum absolute atomic E-state index is 1.09. The van der Waals surface area contributed by atoms with Gasteiger partial charge in [-0.05, 0) is 110 Å². The van der Waals surface area contributed by atoms with E-state index < -0.39 is 0 Å². The van der Waals surface area contributed by atoms with Crippen LogP contribution in [0.25, 0.3) is 82.8 Å². The molecule has 11 aromatic rings. The number of benzene rings is 10. The first-order valence-electron chi connectivity index (χ1n) is 20.6. The molecule has 0 aliphatic carbocycles. The maximum atomic E-state index is 2.40. The lowest BCUT2D eigenvalue weighted by Gasteiger charge is -2.28. The highest BCUT2D eigenvalue weighted by Gasteiger charge is 2.19. The van der Waals surface area contributed by atoms with Crippen molar-refractivity contribution in [2.45, 2.75) is 0 Å². The number of hydrogen-bond acceptors (Lipinski definition) is 1. The average Bonchev–Trinajstić information content (AvgIpc) is 3.67. The summed E-state index contributed by atoms with van der Waals surface area (Å²) in [6, 6.07) is 87.8. The van der Waals surface area contributed by atoms with Crippen LogP contribution in [0, 0.1) is 0 Å². The Labute approximate surface area is 350 Å². The van der Waals surface area contributed by atoms with Crippen molar-refractivity contribution in [3.8, 4) is 50.2 Å². The Kier molecular flexibility index (Phi) is 8.87. The number of anilines is 3. The number of para-hydroxylation sites is 3. The van der Waals surface area contributed by atoms with E-state index in [9.17, 15) is 0 Å². The molecule has 1 heterocycles. The molecule has 60 heavy (non-hydrogen) atoms. The predicted molar refractivity (Wildman–Crippen MR) is 255 cm³/mol. The summed E-state index contributed by atoms with van der Waals surface area (Å²) in [4.78, 5) is 2.40. The summed E-state index contributed by atoms with van der Waals surface area (Å²) in [6.07, 6.45) is 0. The molecule has 0 saturated heterocycles. The van der Waals surface area contributed by atoms with Gasteiger partial charge in [0.15, 0.2) is 0 Å². The minimum Gasteiger partial charge on any atom is -0.310 e. The molecule has 0 N–H and O–H groups in total. The number of rotatable bonds is 8. The summed E-state index contributed by atoms with van der Waals surface area (Å²) in [6.45, 7) is 0. The van der Waals surface area contributed by atoms with E-state index in [0.29, 0.717) is 0 Å². The minimum atomic E-state index is 1.09. The topological polar surface area (TPSA) is 8.17 Å². The zero-order chi connectivity index (χ0) is 39.8. The van der Waals surface area contributed by atoms with Gasteiger partial charge in [-0.3, -0.25) is 0 Å². The summed E-state index contributed by atoms with van der Waals surface area (Å²) >= 11 is 0. The zero-order valence-corrected chi connectivity index (χ0v) is 33.0. The lowest BCUT2D eigenvalue weighted by atomic mass is 9.95. The van der Waals surface area contributed by atoms with Crippen molar-refractivity contribution in [3.63, 3.8) is 0 Å². The first-order valence-corrected chi connectivity index (χ1v) is 20.6. The highest BCUT2D eigenvalue weighted by Crippen LogP contribution is 2.44. The van der Waals surface area contributed by atoms with E-state index in [0.717, 1.165) is 28.3 Å². The van der Waals surface area contributed by atoms with E-state index in [1.165, 1.54) is 71.5 Å². The van der Waals surface area contributed by atoms with Crippen molar-refractivity contribution < 1.29 is 0 Å². The molecule has 11 rings (SSSR count). The molecule has 0 saturated carbocycles. The van der Waals surface area contributed by atoms with Gasteiger partial charge in [0, 0.05) is 33.4 Å². The fraction of sp³-hybridized carbons (Fsp3) is 0. The second-order valence-electron chi connectivity index (χ2n) is 15.3. The van der Waals surface area contributed by atoms with E-state index in [4.69, 9.17) is 0 Å². The molecule has 2 nitrogen and oxygen atoms in total. The van der Waals surface area contributed by atoms with Crippen LogP contribution in [0.5, 0.6) is 0 Å². The van der Waals surface area contributed by atoms with E-state index in [2.05, 4.69) is 252 Å². The molecule has 2 heteroatoms. The smallest absolute Gasteiger partial charge is 0.0547 e. The summed E-state index contributed by atoms with van der Waals surface area (Å²) in [5.41, 5.74) is 16.4. The van der Waals surface area contributed by atoms with Crippen molar-refractivity contribution in [3.05, 3.63) is 243 Å². The molecule has 0 atom stereocenters. The molecule has 0 aliphatic rings. The number of hydrogen-bond donors (Lipinski definition) is 0. The molecule has 282 valence electrons. The van der Waals surface area contributed by atoms with Crippen molar-refractivity contribution in [2.75, 3.05) is 4.90 Å². The Morgan fingerprint density at radius 2 is 0.850 bits per heavy atom. The van der Waals surface area contributed by atoms with Crippen molar-refractivity contribution in [1.82, 2.24) is 4.57 Å². The quantitative estimate of drug-likeness (QED) is 0.150. The van der Waals surface area contributed by atoms with Gasteiger partial charge >= 0.3 is 0 Å². The van der Waals surface area contributed by atoms with Crippen molar-refractivity contribution in [2.24, 2.45) is 0 Å². The number of fused-ring (bicyclic) bond motifs is 4. The molecule has 0 bridgehead atoms. The van der Waals surface area contributed by atoms with E-state index in [-0.39, 0.29) is 0 Å². The first-order chi connectivity index (χ1) is 29.8. The van der Waals surface area contributed by atoms with Gasteiger partial charge in [0.25, 0.3) is 0 Å². The Balaban J connectivity index is 1.04. The molecule has 0 aliphatic heterocycles. The summed E-state index contributed by atoms with van der Waals surface area (Å²) in [7, 11) is 0. The number of nitrogens with zero attached hydrogens (tertiary/aromatic N) is 2. The van der Waals surface area contributed by atoms with Crippen molar-refractivity contribution >= 4 is 49.6 Å². The van der Waals surface area contributed by atoms with Crippen molar-refractivity contribution in [1.29, 1.82) is 0 Å². The maximum Gasteiger partial charge on any atom is 0.0547 e. The fourth-order valence-electron chi connectivity index (χ4n) is 9.03. The molecule has 0 radical (unpaired) electrons. The lowest BCUT2D eigenvalue weighted by molar-refractivity contribution is 1.18. The third-order valence-electron chi connectivity index (χ3n) is 11.8. The highest BCUT2D eigenvalue weighted by atomic mass is 15.1. The van der Waals surface area contributed by atoms with Gasteiger partial charge in [-0.1, -0.05) is 182 Å². The third-order valence-corrected chi connectivity index (χ3v) is 11.8. The van der Waals surface area contributed by atoms with E-state index in [1.54, 1.807) is 0 Å². The molecular formula is C58H40N2. The maximum absolute atomic E-state index is 2.40. The van der Waals surface area contributed by atoms with E-state index >= 15 is 0 Å². The normalized spacial score (nSPS) is 11.3. The van der Waals surface area contributed by atoms with Crippen LogP contribution in [0.2, 0.25) is 0 Å². The summed E-state index contributed by atoms with van der Waals surface area (Å²) < 4.78 is 2.39. The van der Waals surface area contributed by atoms with Crippen LogP contribution in [0.15, 0.2) is 243 Å². The Hall–Kier alpha value is -7.94. The van der Waals surface area contributed by atoms with Crippen LogP contribution in [0.4, 0.5) is 17.1 Å². The molecule has 1 aromatic heterocycles. The van der Waals surface area contributed by atoms with Gasteiger partial charge in [0.2, 0.25) is 0 Å². The molecule has 10 aromatic carbocycles. The molecule has 0 unspecified atom stereocenters. The zero-order valence-electron chi connectivity index (χ0n) is 33.0. The predicted octanol–water partition coefficient (Wildman–Crippen LogP) is 16.1. The van der Waals surface area contributed by atoms with Crippen LogP contribution in [0.1, 0.15) is 0 Å². The molecule has 0 amide bonds. The first kappa shape index (κ1) is 35.2. The Morgan fingerprint density at radius 3 is 1.70 bits per heavy atom. The van der Waals surface area contributed by atoms with Gasteiger partial charge in [-0.15, -0.1) is 0 Å². The third kappa shape index (κ3) is 6.23. The molecule has 0 fully saturated rings. The Morgan fingerprint density at radius 1 is 0.300 bits per heavy atom. The number of aromatic nitrogens is 1. The van der Waals surface area contributed by atoms with Crippen LogP contribution < -0.4 is 4.90 Å². The van der Waals surface area contributed by atoms with Crippen LogP contribution >= 0.6 is 0 Å². The average molecular weight is 765 g/mol. The largest absolute Gasteiger partial charge is 0.310 e. The molecular weight excluding hydrogens is 725 g/mol. The van der Waals surface area contributed by atoms with Crippen LogP contribution in [0.3, 0.4) is 0 Å². The second kappa shape index (κ2) is 15.1. The lowest BCUT2D eigenvalue weighted by Crippen LogP contribution is -2.11. The summed E-state index contributed by atoms with van der Waals surface area (Å²) in [5, 5.41) is 5.01. The summed E-state index contributed by atoms with van der Waals surface area (Å²) in [5.74, 6) is 0. The highest BCUT2D eigenvalue weighted by molar-refractivity contribution is 6.16. The van der Waals surface area contributed by atoms with Gasteiger partial charge in [0.1, 0.15) is 0 Å². The Bertz CT molecular complexity index is 3300. The van der Waals surface area contributed by atoms with Gasteiger partial charge in [0.05, 0.1) is 16.7 Å². The second-order valence-corrected chi connectivity index (χ2v) is 15.3. The van der Waals surface area contributed by atoms with E-state index in [1.807, 2.05) is 0 Å². The standard InChI is InChI=1S/C58H40N2/c1-3-17-42(18-4-1)52-28-9-11-32-55(52)59(48-37-35-43(36-38-48)51-30-15-20-41-19-7-8-27-50(41)51)49-26-14-22-45(40-49)44-21-13-23-46(39-44)53-31-16-34-57-58(53)54-29-10-12-33-56(54)60(57)47-24-5-2-6-25-47/h1-40H. The van der Waals surface area contributed by atoms with Gasteiger partial charge < -0.3 is 9.47 Å². The van der Waals surface area contributed by atoms with Gasteiger partial charge in [-0.25, -0.2) is 0 Å². The van der Waals surface area contributed by atoms with Crippen LogP contribution in [-0.2, 0) is 0 Å². The van der Waals surface area contributed by atoms with Crippen LogP contribution in [-0.4, -0.2) is 4.57 Å². The molecule has 0 spiro atoms.